The van der Waals surface area contributed by atoms with Crippen LogP contribution in [0.2, 0.25) is 0 Å². The van der Waals surface area contributed by atoms with Crippen molar-refractivity contribution < 1.29 is 0 Å². The smallest absolute Gasteiger partial charge is 0.0731 e. The second kappa shape index (κ2) is 12.6. The summed E-state index contributed by atoms with van der Waals surface area (Å²) < 4.78 is 0. The minimum Gasteiger partial charge on any atom is -0.310 e. The van der Waals surface area contributed by atoms with Gasteiger partial charge >= 0.3 is 0 Å². The van der Waals surface area contributed by atoms with Crippen molar-refractivity contribution in [1.82, 2.24) is 0 Å². The van der Waals surface area contributed by atoms with Gasteiger partial charge in [0, 0.05) is 22.5 Å². The van der Waals surface area contributed by atoms with Gasteiger partial charge in [0.2, 0.25) is 0 Å². The Morgan fingerprint density at radius 3 is 1.29 bits per heavy atom. The molecule has 3 aliphatic rings. The molecule has 278 valence electrons. The number of nitrogens with zero attached hydrogens (tertiary/aromatic N) is 1. The van der Waals surface area contributed by atoms with Crippen LogP contribution < -0.4 is 4.90 Å². The molecule has 1 nitrogen and oxygen atoms in total. The number of rotatable bonds is 5. The van der Waals surface area contributed by atoms with Crippen LogP contribution in [0.4, 0.5) is 17.1 Å². The van der Waals surface area contributed by atoms with Crippen molar-refractivity contribution in [2.24, 2.45) is 0 Å². The van der Waals surface area contributed by atoms with Gasteiger partial charge in [-0.25, -0.2) is 0 Å². The largest absolute Gasteiger partial charge is 0.310 e. The topological polar surface area (TPSA) is 3.24 Å². The predicted molar refractivity (Wildman–Crippen MR) is 246 cm³/mol. The average Bonchev–Trinajstić information content (AvgIpc) is 3.86. The van der Waals surface area contributed by atoms with E-state index in [0.29, 0.717) is 0 Å². The summed E-state index contributed by atoms with van der Waals surface area (Å²) in [5.41, 5.74) is 24.0. The van der Waals surface area contributed by atoms with Crippen LogP contribution in [0.3, 0.4) is 0 Å². The van der Waals surface area contributed by atoms with Crippen molar-refractivity contribution in [1.29, 1.82) is 0 Å². The molecule has 59 heavy (non-hydrogen) atoms. The van der Waals surface area contributed by atoms with E-state index >= 15 is 0 Å². The molecule has 0 aliphatic heterocycles. The van der Waals surface area contributed by atoms with Crippen molar-refractivity contribution in [3.63, 3.8) is 0 Å². The van der Waals surface area contributed by atoms with E-state index < -0.39 is 5.41 Å². The highest BCUT2D eigenvalue weighted by Gasteiger charge is 2.52. The molecule has 1 spiro atoms. The lowest BCUT2D eigenvalue weighted by molar-refractivity contribution is 0.660. The van der Waals surface area contributed by atoms with Crippen LogP contribution in [-0.2, 0) is 10.8 Å². The number of hydrogen-bond donors (Lipinski definition) is 0. The molecule has 0 saturated carbocycles. The first-order valence-electron chi connectivity index (χ1n) is 20.8. The van der Waals surface area contributed by atoms with E-state index in [4.69, 9.17) is 0 Å². The molecule has 12 rings (SSSR count). The molecule has 0 amide bonds. The molecular formula is C58H41N. The van der Waals surface area contributed by atoms with Gasteiger partial charge in [-0.05, 0) is 125 Å². The zero-order valence-corrected chi connectivity index (χ0v) is 33.2. The Balaban J connectivity index is 1.02. The van der Waals surface area contributed by atoms with Crippen molar-refractivity contribution in [2.75, 3.05) is 4.90 Å². The normalized spacial score (nSPS) is 14.2. The molecular weight excluding hydrogens is 711 g/mol. The van der Waals surface area contributed by atoms with E-state index in [1.54, 1.807) is 0 Å². The summed E-state index contributed by atoms with van der Waals surface area (Å²) in [6.07, 6.45) is 0. The highest BCUT2D eigenvalue weighted by molar-refractivity contribution is 5.99. The van der Waals surface area contributed by atoms with E-state index in [0.717, 1.165) is 17.1 Å². The molecule has 0 N–H and O–H groups in total. The van der Waals surface area contributed by atoms with Crippen LogP contribution in [-0.4, -0.2) is 0 Å². The predicted octanol–water partition coefficient (Wildman–Crippen LogP) is 15.1. The lowest BCUT2D eigenvalue weighted by Gasteiger charge is -2.32. The van der Waals surface area contributed by atoms with Gasteiger partial charge < -0.3 is 4.90 Å². The third kappa shape index (κ3) is 4.73. The van der Waals surface area contributed by atoms with Crippen LogP contribution in [0.1, 0.15) is 47.2 Å². The van der Waals surface area contributed by atoms with Crippen molar-refractivity contribution >= 4 is 17.1 Å². The molecule has 0 unspecified atom stereocenters. The van der Waals surface area contributed by atoms with E-state index in [-0.39, 0.29) is 5.41 Å². The van der Waals surface area contributed by atoms with Crippen LogP contribution in [0.15, 0.2) is 212 Å². The Labute approximate surface area is 346 Å². The Morgan fingerprint density at radius 1 is 0.288 bits per heavy atom. The van der Waals surface area contributed by atoms with Gasteiger partial charge in [0.15, 0.2) is 0 Å². The van der Waals surface area contributed by atoms with Gasteiger partial charge in [-0.1, -0.05) is 190 Å². The molecule has 1 heteroatoms. The summed E-state index contributed by atoms with van der Waals surface area (Å²) in [4.78, 5) is 2.42. The quantitative estimate of drug-likeness (QED) is 0.169. The first-order valence-corrected chi connectivity index (χ1v) is 20.8. The molecule has 9 aromatic carbocycles. The highest BCUT2D eigenvalue weighted by atomic mass is 15.1. The van der Waals surface area contributed by atoms with E-state index in [1.807, 2.05) is 0 Å². The van der Waals surface area contributed by atoms with Crippen LogP contribution >= 0.6 is 0 Å². The summed E-state index contributed by atoms with van der Waals surface area (Å²) in [6.45, 7) is 4.72. The number of anilines is 3. The summed E-state index contributed by atoms with van der Waals surface area (Å²) >= 11 is 0. The third-order valence-corrected chi connectivity index (χ3v) is 13.5. The average molecular weight is 752 g/mol. The Kier molecular flexibility index (Phi) is 7.26. The maximum Gasteiger partial charge on any atom is 0.0731 e. The molecule has 0 radical (unpaired) electrons. The second-order valence-corrected chi connectivity index (χ2v) is 16.8. The molecule has 0 bridgehead atoms. The molecule has 0 saturated heterocycles. The summed E-state index contributed by atoms with van der Waals surface area (Å²) in [7, 11) is 0. The molecule has 0 atom stereocenters. The summed E-state index contributed by atoms with van der Waals surface area (Å²) in [5.74, 6) is 0. The lowest BCUT2D eigenvalue weighted by Crippen LogP contribution is -2.26. The van der Waals surface area contributed by atoms with Crippen LogP contribution in [0.25, 0.3) is 55.6 Å². The first-order chi connectivity index (χ1) is 29.0. The maximum absolute atomic E-state index is 2.42. The van der Waals surface area contributed by atoms with E-state index in [1.165, 1.54) is 89.0 Å². The van der Waals surface area contributed by atoms with Crippen molar-refractivity contribution in [2.45, 2.75) is 24.7 Å². The highest BCUT2D eigenvalue weighted by Crippen LogP contribution is 2.64. The summed E-state index contributed by atoms with van der Waals surface area (Å²) in [5, 5.41) is 0. The van der Waals surface area contributed by atoms with E-state index in [9.17, 15) is 0 Å². The minimum absolute atomic E-state index is 0.104. The first kappa shape index (κ1) is 33.9. The van der Waals surface area contributed by atoms with Gasteiger partial charge in [0.05, 0.1) is 5.41 Å². The lowest BCUT2D eigenvalue weighted by atomic mass is 9.68. The fraction of sp³-hybridized carbons (Fsp3) is 0.0690. The van der Waals surface area contributed by atoms with Crippen molar-refractivity contribution in [3.8, 4) is 55.6 Å². The van der Waals surface area contributed by atoms with Gasteiger partial charge in [-0.15, -0.1) is 0 Å². The monoisotopic (exact) mass is 751 g/mol. The molecule has 0 fully saturated rings. The van der Waals surface area contributed by atoms with E-state index in [2.05, 4.69) is 231 Å². The van der Waals surface area contributed by atoms with Gasteiger partial charge in [-0.3, -0.25) is 0 Å². The maximum atomic E-state index is 2.42. The minimum atomic E-state index is -0.407. The Hall–Kier alpha value is -7.22. The van der Waals surface area contributed by atoms with Gasteiger partial charge in [0.1, 0.15) is 0 Å². The standard InChI is InChI=1S/C58H41N/c1-57(2)51-23-10-6-17-45(51)49-36-35-43(37-55(49)57)59(41-31-27-39(28-32-41)38-15-4-3-5-16-38)42-33-29-40(30-34-42)44-21-14-22-50-48-20-9-13-26-54(48)58(56(44)50)52-24-11-7-18-46(52)47-19-8-12-25-53(47)58/h3-37H,1-2H3. The van der Waals surface area contributed by atoms with Crippen LogP contribution in [0.5, 0.6) is 0 Å². The van der Waals surface area contributed by atoms with Crippen molar-refractivity contribution in [3.05, 3.63) is 246 Å². The molecule has 9 aromatic rings. The zero-order chi connectivity index (χ0) is 39.3. The fourth-order valence-corrected chi connectivity index (χ4v) is 10.9. The second-order valence-electron chi connectivity index (χ2n) is 16.8. The van der Waals surface area contributed by atoms with Gasteiger partial charge in [-0.2, -0.15) is 0 Å². The summed E-state index contributed by atoms with van der Waals surface area (Å²) in [6, 6.07) is 79.1. The number of benzene rings is 9. The van der Waals surface area contributed by atoms with Gasteiger partial charge in [0.25, 0.3) is 0 Å². The zero-order valence-electron chi connectivity index (χ0n) is 33.2. The Bertz CT molecular complexity index is 3050. The number of fused-ring (bicyclic) bond motifs is 13. The Morgan fingerprint density at radius 2 is 0.695 bits per heavy atom. The third-order valence-electron chi connectivity index (χ3n) is 13.5. The van der Waals surface area contributed by atoms with Crippen LogP contribution in [0, 0.1) is 0 Å². The molecule has 3 aliphatic carbocycles. The molecule has 0 aromatic heterocycles. The molecule has 0 heterocycles. The fourth-order valence-electron chi connectivity index (χ4n) is 10.9. The SMILES string of the molecule is CC1(C)c2ccccc2-c2ccc(N(c3ccc(-c4ccccc4)cc3)c3ccc(-c4cccc5c4C4(c6ccccc6-c6ccccc64)c4ccccc4-5)cc3)cc21. The number of hydrogen-bond acceptors (Lipinski definition) is 1.